The molecule has 1 aliphatic rings. The van der Waals surface area contributed by atoms with Gasteiger partial charge in [0.15, 0.2) is 0 Å². The maximum absolute atomic E-state index is 9.13. The second-order valence-electron chi connectivity index (χ2n) is 4.29. The van der Waals surface area contributed by atoms with Crippen molar-refractivity contribution in [3.05, 3.63) is 28.8 Å². The fraction of sp³-hybridized carbons (Fsp3) is 0.333. The van der Waals surface area contributed by atoms with E-state index >= 15 is 0 Å². The molecule has 3 heterocycles. The van der Waals surface area contributed by atoms with Crippen molar-refractivity contribution < 1.29 is 4.74 Å². The van der Waals surface area contributed by atoms with Gasteiger partial charge in [0.05, 0.1) is 30.0 Å². The van der Waals surface area contributed by atoms with Gasteiger partial charge in [-0.15, -0.1) is 11.3 Å². The highest BCUT2D eigenvalue weighted by molar-refractivity contribution is 7.09. The minimum Gasteiger partial charge on any atom is -0.378 e. The van der Waals surface area contributed by atoms with Crippen LogP contribution in [0.25, 0.3) is 11.3 Å². The largest absolute Gasteiger partial charge is 0.378 e. The van der Waals surface area contributed by atoms with Gasteiger partial charge in [-0.05, 0) is 6.07 Å². The first-order valence-corrected chi connectivity index (χ1v) is 6.26. The van der Waals surface area contributed by atoms with Gasteiger partial charge in [-0.1, -0.05) is 0 Å². The Balaban J connectivity index is 1.80. The Morgan fingerprint density at radius 3 is 3.06 bits per heavy atom. The number of hydrogen-bond acceptors (Lipinski definition) is 4. The highest BCUT2D eigenvalue weighted by atomic mass is 32.1. The van der Waals surface area contributed by atoms with Crippen LogP contribution in [0.3, 0.4) is 0 Å². The number of aromatic amines is 1. The van der Waals surface area contributed by atoms with E-state index in [2.05, 4.69) is 16.0 Å². The van der Waals surface area contributed by atoms with Gasteiger partial charge in [-0.25, -0.2) is 4.98 Å². The number of nitriles is 1. The quantitative estimate of drug-likeness (QED) is 0.901. The highest BCUT2D eigenvalue weighted by Crippen LogP contribution is 2.33. The summed E-state index contributed by atoms with van der Waals surface area (Å²) < 4.78 is 5.13. The van der Waals surface area contributed by atoms with Gasteiger partial charge >= 0.3 is 0 Å². The Labute approximate surface area is 103 Å². The zero-order valence-corrected chi connectivity index (χ0v) is 9.96. The molecule has 0 aromatic carbocycles. The molecule has 1 aliphatic heterocycles. The smallest absolute Gasteiger partial charge is 0.110 e. The first-order chi connectivity index (χ1) is 8.31. The molecule has 2 aromatic rings. The molecule has 0 atom stereocenters. The third-order valence-corrected chi connectivity index (χ3v) is 3.78. The van der Waals surface area contributed by atoms with Gasteiger partial charge in [-0.3, -0.25) is 0 Å². The summed E-state index contributed by atoms with van der Waals surface area (Å²) >= 11 is 1.61. The minimum absolute atomic E-state index is 0.340. The second-order valence-corrected chi connectivity index (χ2v) is 5.23. The lowest BCUT2D eigenvalue weighted by Gasteiger charge is -2.34. The maximum Gasteiger partial charge on any atom is 0.110 e. The van der Waals surface area contributed by atoms with Crippen LogP contribution in [0.2, 0.25) is 0 Å². The molecule has 17 heavy (non-hydrogen) atoms. The van der Waals surface area contributed by atoms with E-state index in [0.717, 1.165) is 16.3 Å². The molecule has 4 nitrogen and oxygen atoms in total. The summed E-state index contributed by atoms with van der Waals surface area (Å²) in [4.78, 5) is 7.57. The molecule has 0 radical (unpaired) electrons. The molecule has 1 N–H and O–H groups in total. The van der Waals surface area contributed by atoms with E-state index in [0.29, 0.717) is 19.6 Å². The average Bonchev–Trinajstić information content (AvgIpc) is 2.94. The molecular weight excluding hydrogens is 234 g/mol. The van der Waals surface area contributed by atoms with E-state index < -0.39 is 0 Å². The lowest BCUT2D eigenvalue weighted by molar-refractivity contribution is -0.0765. The van der Waals surface area contributed by atoms with Gasteiger partial charge in [-0.2, -0.15) is 5.26 Å². The molecule has 3 rings (SSSR count). The molecule has 86 valence electrons. The zero-order chi connectivity index (χ0) is 11.7. The highest BCUT2D eigenvalue weighted by Gasteiger charge is 2.39. The Hall–Kier alpha value is -1.64. The molecule has 0 amide bonds. The van der Waals surface area contributed by atoms with Crippen molar-refractivity contribution >= 4 is 11.3 Å². The van der Waals surface area contributed by atoms with E-state index in [4.69, 9.17) is 10.00 Å². The molecule has 0 spiro atoms. The number of H-pyrrole nitrogens is 1. The molecule has 0 bridgehead atoms. The Morgan fingerprint density at radius 2 is 2.47 bits per heavy atom. The van der Waals surface area contributed by atoms with Crippen LogP contribution in [0.1, 0.15) is 5.01 Å². The van der Waals surface area contributed by atoms with Gasteiger partial charge in [0.2, 0.25) is 0 Å². The topological polar surface area (TPSA) is 61.7 Å². The van der Waals surface area contributed by atoms with Crippen molar-refractivity contribution in [3.8, 4) is 17.3 Å². The van der Waals surface area contributed by atoms with Crippen molar-refractivity contribution in [3.63, 3.8) is 0 Å². The number of nitrogens with one attached hydrogen (secondary N) is 1. The van der Waals surface area contributed by atoms with Gasteiger partial charge in [0.25, 0.3) is 0 Å². The third-order valence-electron chi connectivity index (χ3n) is 2.93. The lowest BCUT2D eigenvalue weighted by Crippen LogP contribution is -2.43. The zero-order valence-electron chi connectivity index (χ0n) is 9.14. The van der Waals surface area contributed by atoms with Crippen LogP contribution in [0.5, 0.6) is 0 Å². The second kappa shape index (κ2) is 3.99. The molecule has 0 aliphatic carbocycles. The Morgan fingerprint density at radius 1 is 1.59 bits per heavy atom. The Bertz CT molecular complexity index is 549. The standard InChI is InChI=1S/C12H11N3OS/c13-6-12(7-16-8-12)3-11-15-10(5-17-11)9-1-2-14-4-9/h1-2,4-5,14H,3,7-8H2. The Kier molecular flexibility index (Phi) is 2.46. The first-order valence-electron chi connectivity index (χ1n) is 5.38. The summed E-state index contributed by atoms with van der Waals surface area (Å²) in [5, 5.41) is 12.2. The van der Waals surface area contributed by atoms with Crippen molar-refractivity contribution in [2.24, 2.45) is 5.41 Å². The maximum atomic E-state index is 9.13. The van der Waals surface area contributed by atoms with Gasteiger partial charge < -0.3 is 9.72 Å². The lowest BCUT2D eigenvalue weighted by atomic mass is 9.84. The molecular formula is C12H11N3OS. The molecule has 1 saturated heterocycles. The fourth-order valence-electron chi connectivity index (χ4n) is 1.85. The number of rotatable bonds is 3. The van der Waals surface area contributed by atoms with E-state index in [-0.39, 0.29) is 5.41 Å². The van der Waals surface area contributed by atoms with Crippen LogP contribution in [-0.4, -0.2) is 23.2 Å². The summed E-state index contributed by atoms with van der Waals surface area (Å²) in [6.45, 7) is 1.06. The summed E-state index contributed by atoms with van der Waals surface area (Å²) in [5.74, 6) is 0. The monoisotopic (exact) mass is 245 g/mol. The number of hydrogen-bond donors (Lipinski definition) is 1. The molecule has 1 fully saturated rings. The van der Waals surface area contributed by atoms with Gasteiger partial charge in [0, 0.05) is 29.8 Å². The number of ether oxygens (including phenoxy) is 1. The van der Waals surface area contributed by atoms with Crippen LogP contribution in [-0.2, 0) is 11.2 Å². The summed E-state index contributed by atoms with van der Waals surface area (Å²) in [5.41, 5.74) is 1.72. The van der Waals surface area contributed by atoms with E-state index in [9.17, 15) is 0 Å². The molecule has 5 heteroatoms. The van der Waals surface area contributed by atoms with Crippen LogP contribution < -0.4 is 0 Å². The first kappa shape index (κ1) is 10.5. The predicted octanol–water partition coefficient (Wildman–Crippen LogP) is 2.22. The van der Waals surface area contributed by atoms with Crippen molar-refractivity contribution in [1.82, 2.24) is 9.97 Å². The van der Waals surface area contributed by atoms with Crippen LogP contribution in [0.15, 0.2) is 23.8 Å². The minimum atomic E-state index is -0.340. The molecule has 2 aromatic heterocycles. The van der Waals surface area contributed by atoms with Crippen molar-refractivity contribution in [2.75, 3.05) is 13.2 Å². The molecule has 0 saturated carbocycles. The SMILES string of the molecule is N#CC1(Cc2nc(-c3cc[nH]c3)cs2)COC1. The van der Waals surface area contributed by atoms with E-state index in [1.54, 1.807) is 11.3 Å². The van der Waals surface area contributed by atoms with Crippen LogP contribution >= 0.6 is 11.3 Å². The number of thiazole rings is 1. The number of aromatic nitrogens is 2. The van der Waals surface area contributed by atoms with Crippen LogP contribution in [0.4, 0.5) is 0 Å². The van der Waals surface area contributed by atoms with Crippen LogP contribution in [0, 0.1) is 16.7 Å². The number of nitrogens with zero attached hydrogens (tertiary/aromatic N) is 2. The third kappa shape index (κ3) is 1.86. The van der Waals surface area contributed by atoms with E-state index in [1.807, 2.05) is 23.8 Å². The molecule has 0 unspecified atom stereocenters. The van der Waals surface area contributed by atoms with Crippen molar-refractivity contribution in [1.29, 1.82) is 5.26 Å². The van der Waals surface area contributed by atoms with E-state index in [1.165, 1.54) is 0 Å². The normalized spacial score (nSPS) is 17.4. The average molecular weight is 245 g/mol. The summed E-state index contributed by atoms with van der Waals surface area (Å²) in [6.07, 6.45) is 4.49. The summed E-state index contributed by atoms with van der Waals surface area (Å²) in [6, 6.07) is 4.33. The van der Waals surface area contributed by atoms with Gasteiger partial charge in [0.1, 0.15) is 5.41 Å². The van der Waals surface area contributed by atoms with Crippen molar-refractivity contribution in [2.45, 2.75) is 6.42 Å². The predicted molar refractivity (Wildman–Crippen MR) is 64.5 cm³/mol. The summed E-state index contributed by atoms with van der Waals surface area (Å²) in [7, 11) is 0. The fourth-order valence-corrected chi connectivity index (χ4v) is 2.80.